The molecule has 0 aromatic carbocycles. The number of pyridine rings is 1. The van der Waals surface area contributed by atoms with E-state index in [1.807, 2.05) is 0 Å². The lowest BCUT2D eigenvalue weighted by molar-refractivity contribution is 0.145. The van der Waals surface area contributed by atoms with Gasteiger partial charge in [-0.1, -0.05) is 0 Å². The number of rotatable bonds is 2. The van der Waals surface area contributed by atoms with Crippen molar-refractivity contribution in [3.8, 4) is 0 Å². The van der Waals surface area contributed by atoms with Crippen LogP contribution < -0.4 is 0 Å². The quantitative estimate of drug-likeness (QED) is 0.709. The molecule has 60 valence electrons. The first-order valence-electron chi connectivity index (χ1n) is 3.08. The molecule has 0 aliphatic heterocycles. The van der Waals surface area contributed by atoms with Crippen molar-refractivity contribution in [2.45, 2.75) is 13.0 Å². The van der Waals surface area contributed by atoms with Crippen LogP contribution in [-0.4, -0.2) is 10.1 Å². The number of aromatic nitrogens is 1. The van der Waals surface area contributed by atoms with Crippen molar-refractivity contribution < 1.29 is 13.9 Å². The second kappa shape index (κ2) is 3.39. The van der Waals surface area contributed by atoms with E-state index in [2.05, 4.69) is 4.98 Å². The molecular formula is C7H7F2NO. The molecule has 0 saturated heterocycles. The molecule has 0 atom stereocenters. The Morgan fingerprint density at radius 1 is 1.55 bits per heavy atom. The van der Waals surface area contributed by atoms with Crippen LogP contribution in [0, 0.1) is 0 Å². The van der Waals surface area contributed by atoms with Gasteiger partial charge in [0.2, 0.25) is 0 Å². The van der Waals surface area contributed by atoms with Gasteiger partial charge in [-0.2, -0.15) is 0 Å². The highest BCUT2D eigenvalue weighted by Crippen LogP contribution is 2.16. The van der Waals surface area contributed by atoms with Crippen molar-refractivity contribution in [2.24, 2.45) is 0 Å². The summed E-state index contributed by atoms with van der Waals surface area (Å²) in [4.78, 5) is 3.43. The number of hydrogen-bond donors (Lipinski definition) is 1. The summed E-state index contributed by atoms with van der Waals surface area (Å²) in [6.45, 7) is -0.234. The molecule has 1 N–H and O–H groups in total. The molecule has 0 radical (unpaired) electrons. The minimum Gasteiger partial charge on any atom is -0.392 e. The molecule has 0 aliphatic carbocycles. The number of aliphatic hydroxyl groups is 1. The van der Waals surface area contributed by atoms with E-state index in [-0.39, 0.29) is 12.3 Å². The van der Waals surface area contributed by atoms with Gasteiger partial charge in [-0.05, 0) is 17.7 Å². The average molecular weight is 159 g/mol. The number of aliphatic hydroxyl groups excluding tert-OH is 1. The van der Waals surface area contributed by atoms with Gasteiger partial charge in [0, 0.05) is 6.20 Å². The van der Waals surface area contributed by atoms with Crippen LogP contribution in [0.25, 0.3) is 0 Å². The third kappa shape index (κ3) is 1.94. The summed E-state index contributed by atoms with van der Waals surface area (Å²) in [5, 5.41) is 8.57. The molecule has 0 spiro atoms. The van der Waals surface area contributed by atoms with Crippen molar-refractivity contribution in [3.05, 3.63) is 29.6 Å². The first kappa shape index (κ1) is 8.07. The van der Waals surface area contributed by atoms with Crippen LogP contribution in [0.4, 0.5) is 8.78 Å². The highest BCUT2D eigenvalue weighted by molar-refractivity contribution is 5.15. The summed E-state index contributed by atoms with van der Waals surface area (Å²) in [5.41, 5.74) is 0.159. The highest BCUT2D eigenvalue weighted by Gasteiger charge is 2.07. The lowest BCUT2D eigenvalue weighted by atomic mass is 10.2. The number of halogens is 2. The maximum absolute atomic E-state index is 11.9. The van der Waals surface area contributed by atoms with E-state index < -0.39 is 6.43 Å². The van der Waals surface area contributed by atoms with Gasteiger partial charge in [-0.3, -0.25) is 4.98 Å². The Morgan fingerprint density at radius 3 is 2.82 bits per heavy atom. The molecule has 1 aromatic rings. The van der Waals surface area contributed by atoms with Crippen LogP contribution in [0.3, 0.4) is 0 Å². The number of hydrogen-bond acceptors (Lipinski definition) is 2. The van der Waals surface area contributed by atoms with Crippen molar-refractivity contribution in [1.82, 2.24) is 4.98 Å². The molecule has 0 bridgehead atoms. The zero-order chi connectivity index (χ0) is 8.27. The summed E-state index contributed by atoms with van der Waals surface area (Å²) >= 11 is 0. The third-order valence-corrected chi connectivity index (χ3v) is 1.25. The van der Waals surface area contributed by atoms with Crippen LogP contribution >= 0.6 is 0 Å². The molecule has 0 saturated carbocycles. The summed E-state index contributed by atoms with van der Waals surface area (Å²) in [6.07, 6.45) is -1.31. The van der Waals surface area contributed by atoms with E-state index in [1.54, 1.807) is 0 Å². The van der Waals surface area contributed by atoms with E-state index in [4.69, 9.17) is 5.11 Å². The molecule has 0 amide bonds. The topological polar surface area (TPSA) is 33.1 Å². The molecule has 1 rings (SSSR count). The van der Waals surface area contributed by atoms with Gasteiger partial charge in [0.15, 0.2) is 0 Å². The summed E-state index contributed by atoms with van der Waals surface area (Å²) in [5.74, 6) is 0. The normalized spacial score (nSPS) is 10.5. The minimum atomic E-state index is -2.57. The van der Waals surface area contributed by atoms with Gasteiger partial charge in [0.05, 0.1) is 6.61 Å². The van der Waals surface area contributed by atoms with Crippen LogP contribution in [0.1, 0.15) is 17.7 Å². The molecule has 0 fully saturated rings. The molecule has 0 unspecified atom stereocenters. The maximum atomic E-state index is 11.9. The van der Waals surface area contributed by atoms with E-state index in [0.29, 0.717) is 5.56 Å². The zero-order valence-electron chi connectivity index (χ0n) is 5.67. The first-order valence-corrected chi connectivity index (χ1v) is 3.08. The van der Waals surface area contributed by atoms with E-state index in [1.165, 1.54) is 18.3 Å². The second-order valence-corrected chi connectivity index (χ2v) is 2.05. The Balaban J connectivity index is 2.91. The Kier molecular flexibility index (Phi) is 2.48. The lowest BCUT2D eigenvalue weighted by Crippen LogP contribution is -1.92. The molecular weight excluding hydrogens is 152 g/mol. The predicted octanol–water partition coefficient (Wildman–Crippen LogP) is 1.51. The van der Waals surface area contributed by atoms with Crippen molar-refractivity contribution in [1.29, 1.82) is 0 Å². The van der Waals surface area contributed by atoms with Gasteiger partial charge in [0.1, 0.15) is 5.69 Å². The minimum absolute atomic E-state index is 0.234. The van der Waals surface area contributed by atoms with E-state index in [9.17, 15) is 8.78 Å². The van der Waals surface area contributed by atoms with E-state index >= 15 is 0 Å². The molecule has 4 heteroatoms. The van der Waals surface area contributed by atoms with Crippen LogP contribution in [0.15, 0.2) is 18.3 Å². The van der Waals surface area contributed by atoms with Gasteiger partial charge in [-0.25, -0.2) is 8.78 Å². The Labute approximate surface area is 62.5 Å². The molecule has 1 heterocycles. The highest BCUT2D eigenvalue weighted by atomic mass is 19.3. The standard InChI is InChI=1S/C7H7F2NO/c8-7(9)6-3-5(4-11)1-2-10-6/h1-3,7,11H,4H2. The monoisotopic (exact) mass is 159 g/mol. The smallest absolute Gasteiger partial charge is 0.280 e. The van der Waals surface area contributed by atoms with Gasteiger partial charge >= 0.3 is 0 Å². The summed E-state index contributed by atoms with van der Waals surface area (Å²) < 4.78 is 23.9. The van der Waals surface area contributed by atoms with Crippen LogP contribution in [-0.2, 0) is 6.61 Å². The SMILES string of the molecule is OCc1ccnc(C(F)F)c1. The van der Waals surface area contributed by atoms with Gasteiger partial charge in [0.25, 0.3) is 6.43 Å². The van der Waals surface area contributed by atoms with Crippen molar-refractivity contribution in [3.63, 3.8) is 0 Å². The number of alkyl halides is 2. The third-order valence-electron chi connectivity index (χ3n) is 1.25. The fourth-order valence-corrected chi connectivity index (χ4v) is 0.712. The lowest BCUT2D eigenvalue weighted by Gasteiger charge is -1.99. The Morgan fingerprint density at radius 2 is 2.27 bits per heavy atom. The average Bonchev–Trinajstić information content (AvgIpc) is 2.05. The van der Waals surface area contributed by atoms with Gasteiger partial charge < -0.3 is 5.11 Å². The summed E-state index contributed by atoms with van der Waals surface area (Å²) in [6, 6.07) is 2.68. The predicted molar refractivity (Wildman–Crippen MR) is 35.1 cm³/mol. The number of nitrogens with zero attached hydrogens (tertiary/aromatic N) is 1. The fourth-order valence-electron chi connectivity index (χ4n) is 0.712. The maximum Gasteiger partial charge on any atom is 0.280 e. The fraction of sp³-hybridized carbons (Fsp3) is 0.286. The molecule has 2 nitrogen and oxygen atoms in total. The first-order chi connectivity index (χ1) is 5.24. The Bertz CT molecular complexity index is 240. The van der Waals surface area contributed by atoms with Crippen molar-refractivity contribution >= 4 is 0 Å². The largest absolute Gasteiger partial charge is 0.392 e. The molecule has 1 aromatic heterocycles. The van der Waals surface area contributed by atoms with E-state index in [0.717, 1.165) is 0 Å². The molecule has 0 aliphatic rings. The molecule has 11 heavy (non-hydrogen) atoms. The van der Waals surface area contributed by atoms with Crippen LogP contribution in [0.5, 0.6) is 0 Å². The Hall–Kier alpha value is -1.03. The zero-order valence-corrected chi connectivity index (χ0v) is 5.67. The van der Waals surface area contributed by atoms with Crippen LogP contribution in [0.2, 0.25) is 0 Å². The second-order valence-electron chi connectivity index (χ2n) is 2.05. The summed E-state index contributed by atoms with van der Waals surface area (Å²) in [7, 11) is 0. The van der Waals surface area contributed by atoms with Gasteiger partial charge in [-0.15, -0.1) is 0 Å². The van der Waals surface area contributed by atoms with Crippen molar-refractivity contribution in [2.75, 3.05) is 0 Å².